The van der Waals surface area contributed by atoms with E-state index in [1.165, 1.54) is 31.0 Å². The quantitative estimate of drug-likeness (QED) is 0.817. The summed E-state index contributed by atoms with van der Waals surface area (Å²) in [5.74, 6) is 0.0347. The van der Waals surface area contributed by atoms with E-state index in [0.717, 1.165) is 23.3 Å². The molecule has 1 aliphatic carbocycles. The molecule has 1 aromatic rings. The van der Waals surface area contributed by atoms with Crippen molar-refractivity contribution < 1.29 is 15.0 Å². The summed E-state index contributed by atoms with van der Waals surface area (Å²) in [5.41, 5.74) is 0.991. The zero-order valence-corrected chi connectivity index (χ0v) is 11.1. The lowest BCUT2D eigenvalue weighted by Crippen LogP contribution is -2.05. The van der Waals surface area contributed by atoms with E-state index in [1.54, 1.807) is 12.1 Å². The van der Waals surface area contributed by atoms with Crippen molar-refractivity contribution in [2.24, 2.45) is 0 Å². The molecule has 2 rings (SSSR count). The van der Waals surface area contributed by atoms with Gasteiger partial charge in [-0.2, -0.15) is 0 Å². The number of phenols is 1. The number of benzene rings is 1. The third-order valence-corrected chi connectivity index (χ3v) is 4.38. The van der Waals surface area contributed by atoms with Gasteiger partial charge >= 0.3 is 5.97 Å². The predicted molar refractivity (Wildman–Crippen MR) is 72.3 cm³/mol. The van der Waals surface area contributed by atoms with Crippen molar-refractivity contribution in [1.29, 1.82) is 0 Å². The number of aromatic hydroxyl groups is 1. The molecular formula is C14H18O3S. The maximum Gasteiger partial charge on any atom is 0.313 e. The number of carboxylic acid groups (broad SMARTS) is 1. The second-order valence-electron chi connectivity index (χ2n) is 4.74. The molecule has 1 saturated carbocycles. The van der Waals surface area contributed by atoms with Crippen LogP contribution < -0.4 is 0 Å². The minimum atomic E-state index is -0.813. The third kappa shape index (κ3) is 3.42. The summed E-state index contributed by atoms with van der Waals surface area (Å²) in [6.45, 7) is 0. The van der Waals surface area contributed by atoms with Crippen LogP contribution in [-0.2, 0) is 4.79 Å². The van der Waals surface area contributed by atoms with Gasteiger partial charge in [0.2, 0.25) is 0 Å². The van der Waals surface area contributed by atoms with Crippen LogP contribution in [0.5, 0.6) is 5.75 Å². The molecule has 0 amide bonds. The summed E-state index contributed by atoms with van der Waals surface area (Å²) in [6, 6.07) is 5.43. The molecule has 0 aliphatic heterocycles. The SMILES string of the molecule is O=C(O)CSc1ccc(O)c(C2CCCCC2)c1. The number of hydrogen-bond donors (Lipinski definition) is 2. The number of carbonyl (C=O) groups is 1. The fourth-order valence-corrected chi connectivity index (χ4v) is 3.17. The van der Waals surface area contributed by atoms with Crippen LogP contribution in [0.4, 0.5) is 0 Å². The second-order valence-corrected chi connectivity index (χ2v) is 5.79. The van der Waals surface area contributed by atoms with Crippen LogP contribution in [0.1, 0.15) is 43.6 Å². The van der Waals surface area contributed by atoms with Crippen molar-refractivity contribution in [1.82, 2.24) is 0 Å². The molecule has 1 aromatic carbocycles. The summed E-state index contributed by atoms with van der Waals surface area (Å²) in [7, 11) is 0. The van der Waals surface area contributed by atoms with Gasteiger partial charge < -0.3 is 10.2 Å². The molecule has 0 unspecified atom stereocenters. The van der Waals surface area contributed by atoms with Crippen molar-refractivity contribution in [2.45, 2.75) is 42.9 Å². The number of thioether (sulfide) groups is 1. The van der Waals surface area contributed by atoms with Crippen molar-refractivity contribution in [3.8, 4) is 5.75 Å². The maximum absolute atomic E-state index is 10.6. The summed E-state index contributed by atoms with van der Waals surface area (Å²) < 4.78 is 0. The molecule has 0 heterocycles. The molecule has 4 heteroatoms. The van der Waals surface area contributed by atoms with Gasteiger partial charge in [-0.15, -0.1) is 11.8 Å². The lowest BCUT2D eigenvalue weighted by molar-refractivity contribution is -0.133. The van der Waals surface area contributed by atoms with E-state index in [-0.39, 0.29) is 5.75 Å². The molecule has 98 valence electrons. The van der Waals surface area contributed by atoms with E-state index >= 15 is 0 Å². The number of hydrogen-bond acceptors (Lipinski definition) is 3. The van der Waals surface area contributed by atoms with Crippen LogP contribution in [0.3, 0.4) is 0 Å². The van der Waals surface area contributed by atoms with Gasteiger partial charge in [-0.05, 0) is 42.5 Å². The summed E-state index contributed by atoms with van der Waals surface area (Å²) in [5, 5.41) is 18.6. The van der Waals surface area contributed by atoms with E-state index in [0.29, 0.717) is 11.7 Å². The van der Waals surface area contributed by atoms with E-state index in [4.69, 9.17) is 5.11 Å². The molecule has 0 bridgehead atoms. The normalized spacial score (nSPS) is 16.7. The van der Waals surface area contributed by atoms with E-state index < -0.39 is 5.97 Å². The highest BCUT2D eigenvalue weighted by Crippen LogP contribution is 2.38. The van der Waals surface area contributed by atoms with Crippen LogP contribution in [0.2, 0.25) is 0 Å². The van der Waals surface area contributed by atoms with Crippen LogP contribution >= 0.6 is 11.8 Å². The van der Waals surface area contributed by atoms with Gasteiger partial charge in [-0.3, -0.25) is 4.79 Å². The number of aliphatic carboxylic acids is 1. The Morgan fingerprint density at radius 1 is 1.28 bits per heavy atom. The predicted octanol–water partition coefficient (Wildman–Crippen LogP) is 3.62. The highest BCUT2D eigenvalue weighted by atomic mass is 32.2. The molecular weight excluding hydrogens is 248 g/mol. The molecule has 1 fully saturated rings. The average Bonchev–Trinajstić information content (AvgIpc) is 2.38. The Morgan fingerprint density at radius 2 is 2.00 bits per heavy atom. The first-order chi connectivity index (χ1) is 8.66. The lowest BCUT2D eigenvalue weighted by atomic mass is 9.84. The second kappa shape index (κ2) is 6.14. The van der Waals surface area contributed by atoms with Crippen LogP contribution in [0, 0.1) is 0 Å². The highest BCUT2D eigenvalue weighted by molar-refractivity contribution is 8.00. The minimum Gasteiger partial charge on any atom is -0.508 e. The Bertz CT molecular complexity index is 425. The standard InChI is InChI=1S/C14H18O3S/c15-13-7-6-11(18-9-14(16)17)8-12(13)10-4-2-1-3-5-10/h6-8,10,15H,1-5,9H2,(H,16,17). The first kappa shape index (κ1) is 13.3. The first-order valence-corrected chi connectivity index (χ1v) is 7.33. The molecule has 2 N–H and O–H groups in total. The Hall–Kier alpha value is -1.16. The molecule has 0 atom stereocenters. The van der Waals surface area contributed by atoms with Crippen molar-refractivity contribution >= 4 is 17.7 Å². The fourth-order valence-electron chi connectivity index (χ4n) is 2.51. The third-order valence-electron chi connectivity index (χ3n) is 3.41. The fraction of sp³-hybridized carbons (Fsp3) is 0.500. The van der Waals surface area contributed by atoms with Gasteiger partial charge in [0.05, 0.1) is 5.75 Å². The first-order valence-electron chi connectivity index (χ1n) is 6.34. The smallest absolute Gasteiger partial charge is 0.313 e. The molecule has 0 saturated heterocycles. The van der Waals surface area contributed by atoms with Crippen molar-refractivity contribution in [3.05, 3.63) is 23.8 Å². The summed E-state index contributed by atoms with van der Waals surface area (Å²) in [4.78, 5) is 11.5. The number of phenolic OH excluding ortho intramolecular Hbond substituents is 1. The Labute approximate surface area is 111 Å². The highest BCUT2D eigenvalue weighted by Gasteiger charge is 2.19. The molecule has 1 aliphatic rings. The zero-order valence-electron chi connectivity index (χ0n) is 10.3. The zero-order chi connectivity index (χ0) is 13.0. The number of carboxylic acids is 1. The van der Waals surface area contributed by atoms with Gasteiger partial charge in [-0.25, -0.2) is 0 Å². The van der Waals surface area contributed by atoms with E-state index in [9.17, 15) is 9.90 Å². The molecule has 3 nitrogen and oxygen atoms in total. The Morgan fingerprint density at radius 3 is 2.67 bits per heavy atom. The van der Waals surface area contributed by atoms with Gasteiger partial charge in [0.15, 0.2) is 0 Å². The van der Waals surface area contributed by atoms with Gasteiger partial charge in [0.1, 0.15) is 5.75 Å². The van der Waals surface area contributed by atoms with E-state index in [2.05, 4.69) is 0 Å². The lowest BCUT2D eigenvalue weighted by Gasteiger charge is -2.23. The summed E-state index contributed by atoms with van der Waals surface area (Å²) >= 11 is 1.30. The molecule has 0 radical (unpaired) electrons. The Balaban J connectivity index is 2.12. The van der Waals surface area contributed by atoms with E-state index in [1.807, 2.05) is 6.07 Å². The van der Waals surface area contributed by atoms with Crippen LogP contribution in [-0.4, -0.2) is 21.9 Å². The Kier molecular flexibility index (Phi) is 4.53. The van der Waals surface area contributed by atoms with Gasteiger partial charge in [-0.1, -0.05) is 19.3 Å². The number of rotatable bonds is 4. The largest absolute Gasteiger partial charge is 0.508 e. The van der Waals surface area contributed by atoms with Crippen molar-refractivity contribution in [2.75, 3.05) is 5.75 Å². The topological polar surface area (TPSA) is 57.5 Å². The monoisotopic (exact) mass is 266 g/mol. The van der Waals surface area contributed by atoms with Crippen molar-refractivity contribution in [3.63, 3.8) is 0 Å². The van der Waals surface area contributed by atoms with Gasteiger partial charge in [0, 0.05) is 4.90 Å². The minimum absolute atomic E-state index is 0.0644. The van der Waals surface area contributed by atoms with Crippen LogP contribution in [0.15, 0.2) is 23.1 Å². The molecule has 0 aromatic heterocycles. The average molecular weight is 266 g/mol. The summed E-state index contributed by atoms with van der Waals surface area (Å²) in [6.07, 6.45) is 5.97. The van der Waals surface area contributed by atoms with Crippen LogP contribution in [0.25, 0.3) is 0 Å². The van der Waals surface area contributed by atoms with Gasteiger partial charge in [0.25, 0.3) is 0 Å². The molecule has 18 heavy (non-hydrogen) atoms. The maximum atomic E-state index is 10.6. The molecule has 0 spiro atoms.